The number of fused-ring (bicyclic) bond motifs is 6. The Labute approximate surface area is 772 Å². The second-order valence-corrected chi connectivity index (χ2v) is 40.6. The molecule has 0 unspecified atom stereocenters. The third kappa shape index (κ3) is 10.3. The van der Waals surface area contributed by atoms with Crippen molar-refractivity contribution in [3.63, 3.8) is 0 Å². The lowest BCUT2D eigenvalue weighted by Gasteiger charge is -2.28. The fraction of sp³-hybridized carbons (Fsp3) is 0.0476. The fourth-order valence-corrected chi connectivity index (χ4v) is 27.5. The highest BCUT2D eigenvalue weighted by atomic mass is 32.1. The molecule has 0 saturated carbocycles. The van der Waals surface area contributed by atoms with E-state index in [-0.39, 0.29) is 10.8 Å². The maximum Gasteiger partial charge on any atom is 0.136 e. The molecule has 21 aromatic carbocycles. The van der Waals surface area contributed by atoms with Gasteiger partial charge in [0, 0.05) is 121 Å². The molecule has 26 aromatic rings. The Balaban J connectivity index is 0.0000000986. The monoisotopic (exact) mass is 1730 g/mol. The number of furan rings is 2. The van der Waals surface area contributed by atoms with Gasteiger partial charge in [-0.2, -0.15) is 0 Å². The molecule has 0 aliphatic heterocycles. The van der Waals surface area contributed by atoms with Crippen LogP contribution in [0.2, 0.25) is 0 Å². The van der Waals surface area contributed by atoms with Crippen molar-refractivity contribution in [2.45, 2.75) is 38.5 Å². The lowest BCUT2D eigenvalue weighted by molar-refractivity contribution is 0.660. The summed E-state index contributed by atoms with van der Waals surface area (Å²) in [5.74, 6) is 0. The Kier molecular flexibility index (Phi) is 15.5. The molecule has 3 nitrogen and oxygen atoms in total. The van der Waals surface area contributed by atoms with Crippen molar-refractivity contribution in [1.82, 2.24) is 0 Å². The molecular weight excluding hydrogens is 1660 g/mol. The van der Waals surface area contributed by atoms with Gasteiger partial charge in [-0.05, 0) is 269 Å². The number of hydrogen-bond acceptors (Lipinski definition) is 6. The van der Waals surface area contributed by atoms with Crippen LogP contribution < -0.4 is 4.90 Å². The van der Waals surface area contributed by atoms with Crippen molar-refractivity contribution in [2.75, 3.05) is 4.90 Å². The lowest BCUT2D eigenvalue weighted by Crippen LogP contribution is -2.16. The smallest absolute Gasteiger partial charge is 0.136 e. The molecule has 0 atom stereocenters. The van der Waals surface area contributed by atoms with Gasteiger partial charge in [-0.15, -0.1) is 34.0 Å². The number of hydrogen-bond donors (Lipinski definition) is 0. The second-order valence-electron chi connectivity index (χ2n) is 37.3. The zero-order valence-corrected chi connectivity index (χ0v) is 75.0. The maximum absolute atomic E-state index is 6.52. The fourth-order valence-electron chi connectivity index (χ4n) is 24.0. The predicted molar refractivity (Wildman–Crippen MR) is 564 cm³/mol. The van der Waals surface area contributed by atoms with E-state index in [0.29, 0.717) is 0 Å². The molecule has 0 fully saturated rings. The second kappa shape index (κ2) is 27.5. The van der Waals surface area contributed by atoms with Gasteiger partial charge >= 0.3 is 0 Å². The third-order valence-corrected chi connectivity index (χ3v) is 33.2. The van der Waals surface area contributed by atoms with Crippen LogP contribution >= 0.6 is 34.0 Å². The molecule has 616 valence electrons. The number of anilines is 3. The molecule has 0 radical (unpaired) electrons. The van der Waals surface area contributed by atoms with Crippen LogP contribution in [0.5, 0.6) is 0 Å². The Hall–Kier alpha value is -15.5. The third-order valence-electron chi connectivity index (χ3n) is 29.8. The topological polar surface area (TPSA) is 29.5 Å². The van der Waals surface area contributed by atoms with Crippen LogP contribution in [0.25, 0.3) is 259 Å². The molecule has 5 aliphatic carbocycles. The summed E-state index contributed by atoms with van der Waals surface area (Å²) in [7, 11) is 0. The quantitative estimate of drug-likeness (QED) is 0.144. The number of para-hydroxylation sites is 1. The lowest BCUT2D eigenvalue weighted by atomic mass is 9.80. The van der Waals surface area contributed by atoms with E-state index in [1.165, 1.54) is 259 Å². The molecule has 0 bridgehead atoms. The van der Waals surface area contributed by atoms with Crippen LogP contribution in [0.4, 0.5) is 17.1 Å². The van der Waals surface area contributed by atoms with Crippen LogP contribution in [0, 0.1) is 0 Å². The highest BCUT2D eigenvalue weighted by molar-refractivity contribution is 7.27. The average Bonchev–Trinajstić information content (AvgIpc) is 1.47. The van der Waals surface area contributed by atoms with E-state index >= 15 is 0 Å². The molecule has 0 saturated heterocycles. The van der Waals surface area contributed by atoms with Crippen LogP contribution in [-0.4, -0.2) is 0 Å². The van der Waals surface area contributed by atoms with Crippen molar-refractivity contribution in [2.24, 2.45) is 0 Å². The maximum atomic E-state index is 6.52. The van der Waals surface area contributed by atoms with Gasteiger partial charge in [0.1, 0.15) is 22.3 Å². The zero-order valence-electron chi connectivity index (χ0n) is 72.5. The Morgan fingerprint density at radius 1 is 0.189 bits per heavy atom. The van der Waals surface area contributed by atoms with E-state index in [1.54, 1.807) is 0 Å². The summed E-state index contributed by atoms with van der Waals surface area (Å²) in [5, 5.41) is 21.2. The van der Waals surface area contributed by atoms with Gasteiger partial charge in [0.15, 0.2) is 0 Å². The first-order valence-electron chi connectivity index (χ1n) is 45.7. The van der Waals surface area contributed by atoms with E-state index < -0.39 is 0 Å². The van der Waals surface area contributed by atoms with Crippen molar-refractivity contribution < 1.29 is 8.83 Å². The van der Waals surface area contributed by atoms with Crippen molar-refractivity contribution in [1.29, 1.82) is 0 Å². The first kappa shape index (κ1) is 74.4. The van der Waals surface area contributed by atoms with E-state index in [4.69, 9.17) is 8.83 Å². The van der Waals surface area contributed by atoms with Gasteiger partial charge in [0.25, 0.3) is 0 Å². The van der Waals surface area contributed by atoms with E-state index in [9.17, 15) is 0 Å². The van der Waals surface area contributed by atoms with Gasteiger partial charge in [0.05, 0.1) is 0 Å². The Bertz CT molecular complexity index is 9580. The normalized spacial score (nSPS) is 13.4. The van der Waals surface area contributed by atoms with Gasteiger partial charge in [0.2, 0.25) is 0 Å². The van der Waals surface area contributed by atoms with E-state index in [0.717, 1.165) is 39.4 Å². The number of rotatable bonds is 9. The summed E-state index contributed by atoms with van der Waals surface area (Å²) in [6, 6.07) is 146. The minimum absolute atomic E-state index is 0.0504. The van der Waals surface area contributed by atoms with Crippen molar-refractivity contribution >= 4 is 188 Å². The molecule has 5 heterocycles. The Morgan fingerprint density at radius 2 is 0.614 bits per heavy atom. The molecule has 0 amide bonds. The molecule has 6 heteroatoms. The van der Waals surface area contributed by atoms with Crippen LogP contribution in [0.3, 0.4) is 0 Å². The first-order chi connectivity index (χ1) is 65.0. The molecule has 0 spiro atoms. The summed E-state index contributed by atoms with van der Waals surface area (Å²) in [5.41, 5.74) is 41.3. The summed E-state index contributed by atoms with van der Waals surface area (Å²) in [4.78, 5) is 2.39. The van der Waals surface area contributed by atoms with Crippen LogP contribution in [-0.2, 0) is 10.8 Å². The van der Waals surface area contributed by atoms with Gasteiger partial charge in [-0.3, -0.25) is 0 Å². The minimum Gasteiger partial charge on any atom is -0.456 e. The van der Waals surface area contributed by atoms with Crippen LogP contribution in [0.15, 0.2) is 403 Å². The zero-order chi connectivity index (χ0) is 86.8. The van der Waals surface area contributed by atoms with Crippen molar-refractivity contribution in [3.8, 4) is 122 Å². The Morgan fingerprint density at radius 3 is 1.28 bits per heavy atom. The minimum atomic E-state index is -0.0760. The molecule has 31 rings (SSSR count). The molecule has 5 aromatic heterocycles. The van der Waals surface area contributed by atoms with Gasteiger partial charge < -0.3 is 13.7 Å². The average molecular weight is 1730 g/mol. The van der Waals surface area contributed by atoms with Crippen LogP contribution in [0.1, 0.15) is 49.9 Å². The SMILES string of the molecule is CC1(C)c2cccc3c2-c2c1ccc1c(-c4ccccc4-c4ccccc4-c4ccccc4)cc4sc5cccc-3c5c4c21.CC1(C)c2ccccc2-c2ccc(N(c3ccccc3)c3ccc(-c4ccc5sc6ccc7ccc8oc9cccc%10c9c8c7c6c5c4-%10)cc3)cc21.c1ccc(-c2cccc(-c3ccc4sc5ccc6ccc7oc8cccc9c8c7c6c5c4c3-9)c2)cc1. The predicted octanol–water partition coefficient (Wildman–Crippen LogP) is 37.4. The van der Waals surface area contributed by atoms with Gasteiger partial charge in [-0.1, -0.05) is 319 Å². The number of thiophene rings is 3. The molecule has 0 N–H and O–H groups in total. The largest absolute Gasteiger partial charge is 0.456 e. The summed E-state index contributed by atoms with van der Waals surface area (Å²) in [6.07, 6.45) is 0. The van der Waals surface area contributed by atoms with Gasteiger partial charge in [-0.25, -0.2) is 0 Å². The standard InChI is InChI=1S/C49H31NOS.C43H28S.C34H18OS/c1-49(2)37-13-7-6-11-34(37)35-22-21-32(27-38(35)49)50(30-9-4-3-5-10-30)31-19-15-28(16-20-31)33-23-26-42-48-44(33)36-12-8-14-39-45(36)46-40(51-39)24-17-29-18-25-41(52-42)47(48)43(29)46;1-43(2)34-20-10-18-30-31-19-11-21-36-39(31)42-37(44-36)24-33(32-22-23-35(43)41(38(30)34)40(32)42)29-17-9-8-16-28(29)27-15-7-6-14-26(27)25-12-4-3-5-13-25;1-2-6-19(7-3-1)21-8-4-9-22(18-21)23-14-17-28-34-30(23)24-10-5-11-25-31(24)32-26(35-25)15-12-20-13-16-27(36-28)33(34)29(20)32/h3-27H,1-2H3;3-24H,1-2H3;1-18H. The summed E-state index contributed by atoms with van der Waals surface area (Å²) >= 11 is 5.73. The van der Waals surface area contributed by atoms with Crippen molar-refractivity contribution in [3.05, 3.63) is 417 Å². The molecule has 132 heavy (non-hydrogen) atoms. The molecule has 5 aliphatic rings. The number of nitrogens with zero attached hydrogens (tertiary/aromatic N) is 1. The highest BCUT2D eigenvalue weighted by Gasteiger charge is 2.42. The van der Waals surface area contributed by atoms with E-state index in [2.05, 4.69) is 427 Å². The molecular formula is C126H77NO2S3. The number of benzene rings is 21. The summed E-state index contributed by atoms with van der Waals surface area (Å²) < 4.78 is 21.0. The van der Waals surface area contributed by atoms with E-state index in [1.807, 2.05) is 34.0 Å². The summed E-state index contributed by atoms with van der Waals surface area (Å²) in [6.45, 7) is 9.51. The highest BCUT2D eigenvalue weighted by Crippen LogP contribution is 2.63. The first-order valence-corrected chi connectivity index (χ1v) is 48.2.